The zero-order valence-electron chi connectivity index (χ0n) is 13.6. The predicted molar refractivity (Wildman–Crippen MR) is 86.8 cm³/mol. The van der Waals surface area contributed by atoms with Gasteiger partial charge in [-0.05, 0) is 6.92 Å². The molecule has 0 unspecified atom stereocenters. The number of rotatable bonds is 2. The van der Waals surface area contributed by atoms with Gasteiger partial charge in [0.15, 0.2) is 5.82 Å². The Hall–Kier alpha value is -2.97. The van der Waals surface area contributed by atoms with Gasteiger partial charge in [0.25, 0.3) is 5.91 Å². The Balaban J connectivity index is 1.52. The molecule has 1 amide bonds. The molecule has 124 valence electrons. The Morgan fingerprint density at radius 1 is 1.17 bits per heavy atom. The van der Waals surface area contributed by atoms with Crippen molar-refractivity contribution >= 4 is 17.4 Å². The normalized spacial score (nSPS) is 15.2. The molecule has 1 fully saturated rings. The van der Waals surface area contributed by atoms with Crippen LogP contribution < -0.4 is 4.90 Å². The third-order valence-corrected chi connectivity index (χ3v) is 4.38. The lowest BCUT2D eigenvalue weighted by Crippen LogP contribution is -2.49. The van der Waals surface area contributed by atoms with Gasteiger partial charge >= 0.3 is 0 Å². The molecule has 0 spiro atoms. The second-order valence-corrected chi connectivity index (χ2v) is 5.86. The summed E-state index contributed by atoms with van der Waals surface area (Å²) in [5.41, 5.74) is 1.36. The largest absolute Gasteiger partial charge is 0.350 e. The van der Waals surface area contributed by atoms with Crippen LogP contribution in [0.2, 0.25) is 0 Å². The lowest BCUT2D eigenvalue weighted by molar-refractivity contribution is 0.0737. The monoisotopic (exact) mass is 326 g/mol. The van der Waals surface area contributed by atoms with Crippen LogP contribution >= 0.6 is 0 Å². The van der Waals surface area contributed by atoms with E-state index < -0.39 is 0 Å². The molecule has 1 aliphatic heterocycles. The summed E-state index contributed by atoms with van der Waals surface area (Å²) in [4.78, 5) is 25.0. The zero-order chi connectivity index (χ0) is 16.7. The molecule has 4 rings (SSSR count). The van der Waals surface area contributed by atoms with Crippen molar-refractivity contribution in [3.05, 3.63) is 36.4 Å². The molecule has 3 aromatic rings. The number of aromatic nitrogens is 6. The van der Waals surface area contributed by atoms with Crippen LogP contribution in [0.3, 0.4) is 0 Å². The van der Waals surface area contributed by atoms with E-state index in [1.54, 1.807) is 23.3 Å². The second-order valence-electron chi connectivity index (χ2n) is 5.86. The molecule has 4 heterocycles. The maximum atomic E-state index is 12.5. The smallest absolute Gasteiger partial charge is 0.272 e. The summed E-state index contributed by atoms with van der Waals surface area (Å²) in [6.07, 6.45) is 6.86. The van der Waals surface area contributed by atoms with Crippen molar-refractivity contribution in [2.45, 2.75) is 6.92 Å². The number of aryl methyl sites for hydroxylation is 2. The van der Waals surface area contributed by atoms with Crippen LogP contribution in [0.5, 0.6) is 0 Å². The first kappa shape index (κ1) is 14.6. The van der Waals surface area contributed by atoms with Gasteiger partial charge in [-0.1, -0.05) is 0 Å². The summed E-state index contributed by atoms with van der Waals surface area (Å²) in [6.45, 7) is 4.61. The molecule has 9 nitrogen and oxygen atoms in total. The molecule has 0 N–H and O–H groups in total. The molecule has 0 aliphatic carbocycles. The van der Waals surface area contributed by atoms with Crippen molar-refractivity contribution in [3.63, 3.8) is 0 Å². The Morgan fingerprint density at radius 3 is 2.67 bits per heavy atom. The maximum Gasteiger partial charge on any atom is 0.272 e. The minimum absolute atomic E-state index is 0.0131. The first-order chi connectivity index (χ1) is 11.6. The van der Waals surface area contributed by atoms with E-state index in [0.717, 1.165) is 17.3 Å². The van der Waals surface area contributed by atoms with Gasteiger partial charge in [0, 0.05) is 45.6 Å². The molecule has 0 bridgehead atoms. The number of hydrogen-bond acceptors (Lipinski definition) is 6. The lowest BCUT2D eigenvalue weighted by Gasteiger charge is -2.35. The van der Waals surface area contributed by atoms with E-state index in [2.05, 4.69) is 25.1 Å². The second kappa shape index (κ2) is 5.59. The Morgan fingerprint density at radius 2 is 1.96 bits per heavy atom. The van der Waals surface area contributed by atoms with Gasteiger partial charge in [-0.3, -0.25) is 9.20 Å². The summed E-state index contributed by atoms with van der Waals surface area (Å²) in [6, 6.07) is 0. The summed E-state index contributed by atoms with van der Waals surface area (Å²) in [5.74, 6) is 1.66. The third-order valence-electron chi connectivity index (χ3n) is 4.38. The van der Waals surface area contributed by atoms with E-state index >= 15 is 0 Å². The van der Waals surface area contributed by atoms with Crippen LogP contribution in [-0.2, 0) is 7.05 Å². The highest BCUT2D eigenvalue weighted by atomic mass is 16.2. The highest BCUT2D eigenvalue weighted by Crippen LogP contribution is 2.19. The number of amides is 1. The number of piperazine rings is 1. The molecular weight excluding hydrogens is 308 g/mol. The van der Waals surface area contributed by atoms with Crippen molar-refractivity contribution in [1.29, 1.82) is 0 Å². The van der Waals surface area contributed by atoms with Crippen LogP contribution in [0.15, 0.2) is 24.9 Å². The minimum atomic E-state index is 0.0131. The van der Waals surface area contributed by atoms with Crippen molar-refractivity contribution in [2.75, 3.05) is 31.1 Å². The maximum absolute atomic E-state index is 12.5. The quantitative estimate of drug-likeness (QED) is 0.665. The average Bonchev–Trinajstić information content (AvgIpc) is 3.20. The average molecular weight is 326 g/mol. The SMILES string of the molecule is Cc1nnc2c(N3CCN(C(=O)c4cncn4C)CC3)nccn12. The fraction of sp³-hybridized carbons (Fsp3) is 0.400. The Bertz CT molecular complexity index is 890. The molecule has 0 aromatic carbocycles. The Labute approximate surface area is 138 Å². The van der Waals surface area contributed by atoms with Gasteiger partial charge in [-0.15, -0.1) is 10.2 Å². The van der Waals surface area contributed by atoms with Crippen LogP contribution in [0.4, 0.5) is 5.82 Å². The predicted octanol–water partition coefficient (Wildman–Crippen LogP) is 0.129. The fourth-order valence-electron chi connectivity index (χ4n) is 3.00. The number of imidazole rings is 1. The standard InChI is InChI=1S/C15H18N8O/c1-11-18-19-14-13(17-3-4-23(11)14)21-5-7-22(8-6-21)15(24)12-9-16-10-20(12)2/h3-4,9-10H,5-8H2,1-2H3. The van der Waals surface area contributed by atoms with Gasteiger partial charge in [-0.2, -0.15) is 0 Å². The summed E-state index contributed by atoms with van der Waals surface area (Å²) in [7, 11) is 1.83. The van der Waals surface area contributed by atoms with E-state index in [1.807, 2.05) is 29.5 Å². The first-order valence-electron chi connectivity index (χ1n) is 7.82. The third kappa shape index (κ3) is 2.29. The van der Waals surface area contributed by atoms with Crippen LogP contribution in [0.25, 0.3) is 5.65 Å². The molecule has 1 saturated heterocycles. The molecule has 0 saturated carbocycles. The van der Waals surface area contributed by atoms with E-state index in [9.17, 15) is 4.79 Å². The van der Waals surface area contributed by atoms with Gasteiger partial charge < -0.3 is 14.4 Å². The first-order valence-corrected chi connectivity index (χ1v) is 7.82. The molecule has 1 aliphatic rings. The van der Waals surface area contributed by atoms with Crippen LogP contribution in [-0.4, -0.2) is 66.1 Å². The van der Waals surface area contributed by atoms with Gasteiger partial charge in [0.05, 0.1) is 12.5 Å². The van der Waals surface area contributed by atoms with Gasteiger partial charge in [0.1, 0.15) is 11.5 Å². The van der Waals surface area contributed by atoms with Crippen LogP contribution in [0.1, 0.15) is 16.3 Å². The summed E-state index contributed by atoms with van der Waals surface area (Å²) >= 11 is 0. The number of carbonyl (C=O) groups excluding carboxylic acids is 1. The molecule has 24 heavy (non-hydrogen) atoms. The number of carbonyl (C=O) groups is 1. The number of nitrogens with zero attached hydrogens (tertiary/aromatic N) is 8. The van der Waals surface area contributed by atoms with Gasteiger partial charge in [0.2, 0.25) is 5.65 Å². The van der Waals surface area contributed by atoms with Gasteiger partial charge in [-0.25, -0.2) is 9.97 Å². The highest BCUT2D eigenvalue weighted by Gasteiger charge is 2.25. The van der Waals surface area contributed by atoms with Crippen molar-refractivity contribution in [2.24, 2.45) is 7.05 Å². The topological polar surface area (TPSA) is 84.5 Å². The van der Waals surface area contributed by atoms with E-state index in [1.165, 1.54) is 0 Å². The van der Waals surface area contributed by atoms with E-state index in [-0.39, 0.29) is 5.91 Å². The van der Waals surface area contributed by atoms with Crippen molar-refractivity contribution < 1.29 is 4.79 Å². The van der Waals surface area contributed by atoms with E-state index in [0.29, 0.717) is 31.9 Å². The fourth-order valence-corrected chi connectivity index (χ4v) is 3.00. The molecular formula is C15H18N8O. The van der Waals surface area contributed by atoms with Crippen molar-refractivity contribution in [1.82, 2.24) is 34.0 Å². The summed E-state index contributed by atoms with van der Waals surface area (Å²) < 4.78 is 3.67. The van der Waals surface area contributed by atoms with Crippen molar-refractivity contribution in [3.8, 4) is 0 Å². The molecule has 9 heteroatoms. The lowest BCUT2D eigenvalue weighted by atomic mass is 10.3. The molecule has 0 atom stereocenters. The highest BCUT2D eigenvalue weighted by molar-refractivity contribution is 5.92. The number of hydrogen-bond donors (Lipinski definition) is 0. The number of fused-ring (bicyclic) bond motifs is 1. The zero-order valence-corrected chi connectivity index (χ0v) is 13.6. The minimum Gasteiger partial charge on any atom is -0.350 e. The molecule has 3 aromatic heterocycles. The molecule has 0 radical (unpaired) electrons. The Kier molecular flexibility index (Phi) is 3.40. The van der Waals surface area contributed by atoms with E-state index in [4.69, 9.17) is 0 Å². The number of anilines is 1. The summed E-state index contributed by atoms with van der Waals surface area (Å²) in [5, 5.41) is 8.33. The van der Waals surface area contributed by atoms with Crippen LogP contribution in [0, 0.1) is 6.92 Å².